The van der Waals surface area contributed by atoms with E-state index < -0.39 is 0 Å². The van der Waals surface area contributed by atoms with Gasteiger partial charge in [-0.05, 0) is 31.6 Å². The van der Waals surface area contributed by atoms with Gasteiger partial charge in [0.05, 0.1) is 17.9 Å². The Morgan fingerprint density at radius 3 is 2.96 bits per heavy atom. The third kappa shape index (κ3) is 5.98. The van der Waals surface area contributed by atoms with Gasteiger partial charge in [-0.3, -0.25) is 0 Å². The molecule has 0 aliphatic carbocycles. The SMILES string of the molecule is C=C(CCCC1SCC2NC(=C)NC21)NCCC(C)CCCC. The summed E-state index contributed by atoms with van der Waals surface area (Å²) in [5.41, 5.74) is 1.22. The van der Waals surface area contributed by atoms with Gasteiger partial charge in [0.2, 0.25) is 0 Å². The van der Waals surface area contributed by atoms with Crippen molar-refractivity contribution in [2.45, 2.75) is 76.1 Å². The van der Waals surface area contributed by atoms with Gasteiger partial charge in [-0.2, -0.15) is 11.8 Å². The van der Waals surface area contributed by atoms with Gasteiger partial charge in [0, 0.05) is 23.2 Å². The molecule has 132 valence electrons. The lowest BCUT2D eigenvalue weighted by atomic mass is 10.0. The van der Waals surface area contributed by atoms with Crippen molar-refractivity contribution >= 4 is 11.8 Å². The Morgan fingerprint density at radius 1 is 1.35 bits per heavy atom. The van der Waals surface area contributed by atoms with Gasteiger partial charge >= 0.3 is 0 Å². The van der Waals surface area contributed by atoms with E-state index >= 15 is 0 Å². The lowest BCUT2D eigenvalue weighted by Gasteiger charge is -2.18. The van der Waals surface area contributed by atoms with E-state index in [0.717, 1.165) is 24.7 Å². The topological polar surface area (TPSA) is 36.1 Å². The molecule has 4 heteroatoms. The zero-order valence-electron chi connectivity index (χ0n) is 15.0. The number of fused-ring (bicyclic) bond motifs is 1. The van der Waals surface area contributed by atoms with Gasteiger partial charge in [0.25, 0.3) is 0 Å². The molecule has 2 aliphatic heterocycles. The van der Waals surface area contributed by atoms with Crippen LogP contribution in [0.1, 0.15) is 58.8 Å². The average molecular weight is 338 g/mol. The largest absolute Gasteiger partial charge is 0.389 e. The van der Waals surface area contributed by atoms with Crippen molar-refractivity contribution in [3.8, 4) is 0 Å². The Hall–Kier alpha value is -0.770. The second kappa shape index (κ2) is 9.51. The monoisotopic (exact) mass is 337 g/mol. The summed E-state index contributed by atoms with van der Waals surface area (Å²) in [7, 11) is 0. The van der Waals surface area contributed by atoms with Crippen LogP contribution in [0.2, 0.25) is 0 Å². The van der Waals surface area contributed by atoms with E-state index in [9.17, 15) is 0 Å². The van der Waals surface area contributed by atoms with E-state index in [2.05, 4.69) is 54.7 Å². The molecule has 2 fully saturated rings. The Balaban J connectivity index is 1.52. The first kappa shape index (κ1) is 18.6. The highest BCUT2D eigenvalue weighted by molar-refractivity contribution is 8.00. The van der Waals surface area contributed by atoms with Crippen molar-refractivity contribution in [3.05, 3.63) is 24.7 Å². The number of rotatable bonds is 11. The van der Waals surface area contributed by atoms with E-state index in [1.807, 2.05) is 0 Å². The highest BCUT2D eigenvalue weighted by atomic mass is 32.2. The zero-order valence-corrected chi connectivity index (χ0v) is 15.8. The fourth-order valence-electron chi connectivity index (χ4n) is 3.55. The Morgan fingerprint density at radius 2 is 2.17 bits per heavy atom. The van der Waals surface area contributed by atoms with Crippen LogP contribution in [0.25, 0.3) is 0 Å². The van der Waals surface area contributed by atoms with E-state index in [0.29, 0.717) is 17.3 Å². The summed E-state index contributed by atoms with van der Waals surface area (Å²) in [4.78, 5) is 0. The second-order valence-electron chi connectivity index (χ2n) is 7.23. The van der Waals surface area contributed by atoms with Crippen LogP contribution >= 0.6 is 11.8 Å². The van der Waals surface area contributed by atoms with Crippen LogP contribution < -0.4 is 16.0 Å². The van der Waals surface area contributed by atoms with Gasteiger partial charge in [-0.15, -0.1) is 0 Å². The molecule has 0 radical (unpaired) electrons. The minimum atomic E-state index is 0.577. The number of thioether (sulfide) groups is 1. The first-order valence-electron chi connectivity index (χ1n) is 9.35. The van der Waals surface area contributed by atoms with Crippen LogP contribution in [0.15, 0.2) is 24.7 Å². The maximum atomic E-state index is 4.20. The fraction of sp³-hybridized carbons (Fsp3) is 0.789. The van der Waals surface area contributed by atoms with Crippen molar-refractivity contribution in [2.75, 3.05) is 12.3 Å². The van der Waals surface area contributed by atoms with Gasteiger partial charge < -0.3 is 16.0 Å². The third-order valence-electron chi connectivity index (χ3n) is 5.05. The first-order chi connectivity index (χ1) is 11.1. The minimum absolute atomic E-state index is 0.577. The number of hydrogen-bond donors (Lipinski definition) is 3. The summed E-state index contributed by atoms with van der Waals surface area (Å²) in [6.07, 6.45) is 8.89. The molecule has 2 saturated heterocycles. The predicted molar refractivity (Wildman–Crippen MR) is 104 cm³/mol. The van der Waals surface area contributed by atoms with Crippen LogP contribution in [0.5, 0.6) is 0 Å². The van der Waals surface area contributed by atoms with Crippen LogP contribution in [0, 0.1) is 5.92 Å². The predicted octanol–water partition coefficient (Wildman–Crippen LogP) is 3.99. The molecule has 0 aromatic heterocycles. The van der Waals surface area contributed by atoms with E-state index in [1.165, 1.54) is 50.0 Å². The summed E-state index contributed by atoms with van der Waals surface area (Å²) < 4.78 is 0. The molecule has 3 nitrogen and oxygen atoms in total. The molecule has 2 heterocycles. The molecule has 0 amide bonds. The maximum absolute atomic E-state index is 4.20. The van der Waals surface area contributed by atoms with Crippen molar-refractivity contribution in [3.63, 3.8) is 0 Å². The highest BCUT2D eigenvalue weighted by Crippen LogP contribution is 2.34. The molecule has 0 spiro atoms. The van der Waals surface area contributed by atoms with Crippen LogP contribution in [0.4, 0.5) is 0 Å². The fourth-order valence-corrected chi connectivity index (χ4v) is 5.09. The molecule has 0 bridgehead atoms. The van der Waals surface area contributed by atoms with Crippen LogP contribution in [-0.2, 0) is 0 Å². The summed E-state index contributed by atoms with van der Waals surface area (Å²) in [6.45, 7) is 13.9. The van der Waals surface area contributed by atoms with Crippen molar-refractivity contribution in [2.24, 2.45) is 5.92 Å². The first-order valence-corrected chi connectivity index (χ1v) is 10.4. The average Bonchev–Trinajstić information content (AvgIpc) is 3.05. The number of unbranched alkanes of at least 4 members (excludes halogenated alkanes) is 1. The molecule has 4 atom stereocenters. The number of allylic oxidation sites excluding steroid dienone is 1. The van der Waals surface area contributed by atoms with Crippen molar-refractivity contribution in [1.29, 1.82) is 0 Å². The minimum Gasteiger partial charge on any atom is -0.389 e. The summed E-state index contributed by atoms with van der Waals surface area (Å²) in [6, 6.07) is 1.16. The molecular formula is C19H35N3S. The standard InChI is InChI=1S/C19H35N3S/c1-5-6-8-14(2)11-12-20-15(3)9-7-10-18-19-17(13-23-18)21-16(4)22-19/h14,17-22H,3-13H2,1-2H3. The lowest BCUT2D eigenvalue weighted by Crippen LogP contribution is -2.36. The van der Waals surface area contributed by atoms with Gasteiger partial charge in [0.15, 0.2) is 0 Å². The van der Waals surface area contributed by atoms with E-state index in [4.69, 9.17) is 0 Å². The summed E-state index contributed by atoms with van der Waals surface area (Å²) in [5, 5.41) is 11.2. The van der Waals surface area contributed by atoms with Crippen molar-refractivity contribution in [1.82, 2.24) is 16.0 Å². The maximum Gasteiger partial charge on any atom is 0.0918 e. The van der Waals surface area contributed by atoms with Gasteiger partial charge in [-0.1, -0.05) is 46.3 Å². The normalized spacial score (nSPS) is 27.2. The molecule has 23 heavy (non-hydrogen) atoms. The van der Waals surface area contributed by atoms with Crippen LogP contribution in [0.3, 0.4) is 0 Å². The van der Waals surface area contributed by atoms with Crippen molar-refractivity contribution < 1.29 is 0 Å². The van der Waals surface area contributed by atoms with E-state index in [-0.39, 0.29) is 0 Å². The zero-order chi connectivity index (χ0) is 16.7. The van der Waals surface area contributed by atoms with Crippen LogP contribution in [-0.4, -0.2) is 29.6 Å². The molecule has 0 aromatic rings. The molecule has 0 aromatic carbocycles. The van der Waals surface area contributed by atoms with Gasteiger partial charge in [-0.25, -0.2) is 0 Å². The second-order valence-corrected chi connectivity index (χ2v) is 8.50. The van der Waals surface area contributed by atoms with Gasteiger partial charge in [0.1, 0.15) is 0 Å². The Labute approximate surface area is 147 Å². The Kier molecular flexibility index (Phi) is 7.68. The molecular weight excluding hydrogens is 302 g/mol. The molecule has 4 unspecified atom stereocenters. The molecule has 2 rings (SSSR count). The van der Waals surface area contributed by atoms with E-state index in [1.54, 1.807) is 0 Å². The summed E-state index contributed by atoms with van der Waals surface area (Å²) >= 11 is 2.10. The smallest absolute Gasteiger partial charge is 0.0918 e. The lowest BCUT2D eigenvalue weighted by molar-refractivity contribution is 0.460. The third-order valence-corrected chi connectivity index (χ3v) is 6.56. The molecule has 2 aliphatic rings. The molecule has 3 N–H and O–H groups in total. The highest BCUT2D eigenvalue weighted by Gasteiger charge is 2.40. The number of hydrogen-bond acceptors (Lipinski definition) is 4. The molecule has 0 saturated carbocycles. The Bertz CT molecular complexity index is 396. The quantitative estimate of drug-likeness (QED) is 0.533. The summed E-state index contributed by atoms with van der Waals surface area (Å²) in [5.74, 6) is 3.04. The number of nitrogens with one attached hydrogen (secondary N) is 3.